The number of amides is 1. The molecular weight excluding hydrogens is 356 g/mol. The molecule has 2 aliphatic rings. The Morgan fingerprint density at radius 1 is 1.18 bits per heavy atom. The number of pyridine rings is 1. The summed E-state index contributed by atoms with van der Waals surface area (Å²) < 4.78 is 11.5. The Labute approximate surface area is 164 Å². The van der Waals surface area contributed by atoms with Crippen LogP contribution in [0.2, 0.25) is 0 Å². The van der Waals surface area contributed by atoms with Crippen LogP contribution in [0.25, 0.3) is 0 Å². The van der Waals surface area contributed by atoms with E-state index in [2.05, 4.69) is 16.0 Å². The monoisotopic (exact) mass is 379 g/mol. The van der Waals surface area contributed by atoms with Crippen molar-refractivity contribution >= 4 is 11.7 Å². The highest BCUT2D eigenvalue weighted by Gasteiger charge is 2.35. The number of ether oxygens (including phenoxy) is 2. The van der Waals surface area contributed by atoms with E-state index in [1.807, 2.05) is 49.1 Å². The van der Waals surface area contributed by atoms with Gasteiger partial charge in [-0.1, -0.05) is 12.1 Å². The van der Waals surface area contributed by atoms with Crippen LogP contribution in [0.3, 0.4) is 0 Å². The molecule has 2 aliphatic heterocycles. The van der Waals surface area contributed by atoms with Crippen molar-refractivity contribution in [2.45, 2.75) is 20.0 Å². The Bertz CT molecular complexity index is 945. The molecule has 3 heterocycles. The lowest BCUT2D eigenvalue weighted by Gasteiger charge is -2.34. The minimum absolute atomic E-state index is 0.0564. The molecular formula is C21H23N4O3+. The number of nitriles is 1. The number of hydrogen-bond donors (Lipinski definition) is 0. The molecule has 1 saturated heterocycles. The molecule has 0 radical (unpaired) electrons. The standard InChI is InChI=1S/C21H22N4O3/c1-14-11-15(2)23-20(16(14)12-22)24-7-9-25(10-8-24)21(26)19-13-27-17-5-3-4-6-18(17)28-19/h3-6,11,19H,7-10,13H2,1-2H3/p+1/t19-/m0/s1. The van der Waals surface area contributed by atoms with Crippen molar-refractivity contribution in [3.8, 4) is 17.6 Å². The molecule has 1 aromatic carbocycles. The first kappa shape index (κ1) is 18.1. The fourth-order valence-electron chi connectivity index (χ4n) is 3.74. The Balaban J connectivity index is 1.43. The highest BCUT2D eigenvalue weighted by Crippen LogP contribution is 2.31. The number of H-pyrrole nitrogens is 1. The number of piperazine rings is 1. The van der Waals surface area contributed by atoms with Gasteiger partial charge in [0.25, 0.3) is 11.7 Å². The van der Waals surface area contributed by atoms with Crippen molar-refractivity contribution in [3.63, 3.8) is 0 Å². The fraction of sp³-hybridized carbons (Fsp3) is 0.381. The zero-order valence-electron chi connectivity index (χ0n) is 16.1. The molecule has 0 bridgehead atoms. The highest BCUT2D eigenvalue weighted by molar-refractivity contribution is 5.82. The SMILES string of the molecule is Cc1cc(C)c(C#N)c(N2CCN(C(=O)[C@@H]3COc4ccccc4O3)CC2)[nH+]1. The number of hydrogen-bond acceptors (Lipinski definition) is 5. The van der Waals surface area contributed by atoms with Crippen molar-refractivity contribution in [2.75, 3.05) is 37.7 Å². The van der Waals surface area contributed by atoms with Crippen LogP contribution in [0.5, 0.6) is 11.5 Å². The van der Waals surface area contributed by atoms with Gasteiger partial charge in [-0.15, -0.1) is 0 Å². The summed E-state index contributed by atoms with van der Waals surface area (Å²) in [5.74, 6) is 2.05. The van der Waals surface area contributed by atoms with E-state index in [0.717, 1.165) is 17.1 Å². The minimum Gasteiger partial charge on any atom is -0.485 e. The van der Waals surface area contributed by atoms with Gasteiger partial charge in [-0.2, -0.15) is 5.26 Å². The lowest BCUT2D eigenvalue weighted by molar-refractivity contribution is -0.374. The van der Waals surface area contributed by atoms with E-state index in [1.165, 1.54) is 0 Å². The molecule has 4 rings (SSSR count). The molecule has 1 aromatic heterocycles. The topological polar surface area (TPSA) is 79.9 Å². The van der Waals surface area contributed by atoms with Gasteiger partial charge >= 0.3 is 0 Å². The molecule has 1 amide bonds. The van der Waals surface area contributed by atoms with Crippen LogP contribution >= 0.6 is 0 Å². The quantitative estimate of drug-likeness (QED) is 0.790. The van der Waals surface area contributed by atoms with E-state index < -0.39 is 6.10 Å². The molecule has 0 aliphatic carbocycles. The highest BCUT2D eigenvalue weighted by atomic mass is 16.6. The van der Waals surface area contributed by atoms with Gasteiger partial charge in [-0.25, -0.2) is 4.98 Å². The molecule has 144 valence electrons. The van der Waals surface area contributed by atoms with Crippen molar-refractivity contribution in [2.24, 2.45) is 0 Å². The summed E-state index contributed by atoms with van der Waals surface area (Å²) in [6.45, 7) is 6.61. The van der Waals surface area contributed by atoms with Crippen LogP contribution in [0.1, 0.15) is 16.8 Å². The van der Waals surface area contributed by atoms with Gasteiger partial charge in [0.2, 0.25) is 6.10 Å². The van der Waals surface area contributed by atoms with Crippen LogP contribution in [0.4, 0.5) is 5.82 Å². The number of fused-ring (bicyclic) bond motifs is 1. The van der Waals surface area contributed by atoms with Gasteiger partial charge in [0.15, 0.2) is 11.5 Å². The van der Waals surface area contributed by atoms with Gasteiger partial charge in [-0.3, -0.25) is 9.69 Å². The fourth-order valence-corrected chi connectivity index (χ4v) is 3.74. The van der Waals surface area contributed by atoms with E-state index >= 15 is 0 Å². The van der Waals surface area contributed by atoms with Gasteiger partial charge in [-0.05, 0) is 37.6 Å². The Morgan fingerprint density at radius 2 is 1.89 bits per heavy atom. The van der Waals surface area contributed by atoms with Gasteiger partial charge in [0.1, 0.15) is 31.3 Å². The maximum atomic E-state index is 12.9. The summed E-state index contributed by atoms with van der Waals surface area (Å²) in [6, 6.07) is 11.7. The summed E-state index contributed by atoms with van der Waals surface area (Å²) in [6.07, 6.45) is -0.621. The zero-order valence-corrected chi connectivity index (χ0v) is 16.1. The summed E-state index contributed by atoms with van der Waals surface area (Å²) in [5.41, 5.74) is 2.63. The molecule has 1 fully saturated rings. The molecule has 1 atom stereocenters. The third-order valence-corrected chi connectivity index (χ3v) is 5.18. The van der Waals surface area contributed by atoms with Crippen LogP contribution in [-0.4, -0.2) is 49.7 Å². The van der Waals surface area contributed by atoms with Gasteiger partial charge < -0.3 is 14.4 Å². The molecule has 7 heteroatoms. The van der Waals surface area contributed by atoms with Crippen molar-refractivity contribution in [1.82, 2.24) is 4.90 Å². The summed E-state index contributed by atoms with van der Waals surface area (Å²) >= 11 is 0. The second-order valence-corrected chi connectivity index (χ2v) is 7.15. The van der Waals surface area contributed by atoms with Gasteiger partial charge in [0, 0.05) is 0 Å². The maximum absolute atomic E-state index is 12.9. The second-order valence-electron chi connectivity index (χ2n) is 7.15. The number of aromatic amines is 1. The second kappa shape index (κ2) is 7.39. The number of aryl methyl sites for hydroxylation is 2. The number of nitrogens with one attached hydrogen (secondary N) is 1. The number of para-hydroxylation sites is 2. The molecule has 0 unspecified atom stereocenters. The Morgan fingerprint density at radius 3 is 2.61 bits per heavy atom. The molecule has 2 aromatic rings. The number of nitrogens with zero attached hydrogens (tertiary/aromatic N) is 3. The largest absolute Gasteiger partial charge is 0.485 e. The maximum Gasteiger partial charge on any atom is 0.293 e. The van der Waals surface area contributed by atoms with Crippen LogP contribution in [0, 0.1) is 25.2 Å². The van der Waals surface area contributed by atoms with E-state index in [-0.39, 0.29) is 12.5 Å². The number of aromatic nitrogens is 1. The number of carbonyl (C=O) groups is 1. The third kappa shape index (κ3) is 3.33. The summed E-state index contributed by atoms with van der Waals surface area (Å²) in [7, 11) is 0. The van der Waals surface area contributed by atoms with Crippen LogP contribution < -0.4 is 19.4 Å². The minimum atomic E-state index is -0.621. The van der Waals surface area contributed by atoms with E-state index in [4.69, 9.17) is 9.47 Å². The molecule has 0 spiro atoms. The molecule has 7 nitrogen and oxygen atoms in total. The van der Waals surface area contributed by atoms with Gasteiger partial charge in [0.05, 0.1) is 18.8 Å². The Kier molecular flexibility index (Phi) is 4.78. The molecule has 1 N–H and O–H groups in total. The molecule has 28 heavy (non-hydrogen) atoms. The summed E-state index contributed by atoms with van der Waals surface area (Å²) in [5, 5.41) is 9.52. The van der Waals surface area contributed by atoms with Crippen molar-refractivity contribution < 1.29 is 19.3 Å². The smallest absolute Gasteiger partial charge is 0.293 e. The number of carbonyl (C=O) groups excluding carboxylic acids is 1. The van der Waals surface area contributed by atoms with Crippen molar-refractivity contribution in [3.05, 3.63) is 47.2 Å². The predicted octanol–water partition coefficient (Wildman–Crippen LogP) is 1.48. The first-order chi connectivity index (χ1) is 13.6. The number of anilines is 1. The van der Waals surface area contributed by atoms with E-state index in [9.17, 15) is 10.1 Å². The first-order valence-corrected chi connectivity index (χ1v) is 9.42. The lowest BCUT2D eigenvalue weighted by atomic mass is 10.1. The van der Waals surface area contributed by atoms with E-state index in [1.54, 1.807) is 0 Å². The number of rotatable bonds is 2. The normalized spacial score (nSPS) is 18.5. The predicted molar refractivity (Wildman–Crippen MR) is 102 cm³/mol. The summed E-state index contributed by atoms with van der Waals surface area (Å²) in [4.78, 5) is 20.1. The van der Waals surface area contributed by atoms with Crippen LogP contribution in [-0.2, 0) is 4.79 Å². The average molecular weight is 379 g/mol. The van der Waals surface area contributed by atoms with Crippen molar-refractivity contribution in [1.29, 1.82) is 5.26 Å². The Hall–Kier alpha value is -3.27. The average Bonchev–Trinajstić information content (AvgIpc) is 2.72. The van der Waals surface area contributed by atoms with E-state index in [0.29, 0.717) is 43.2 Å². The molecule has 0 saturated carbocycles. The first-order valence-electron chi connectivity index (χ1n) is 9.42. The zero-order chi connectivity index (χ0) is 19.7. The lowest BCUT2D eigenvalue weighted by Crippen LogP contribution is -2.55. The third-order valence-electron chi connectivity index (χ3n) is 5.18. The van der Waals surface area contributed by atoms with Crippen LogP contribution in [0.15, 0.2) is 30.3 Å². The number of benzene rings is 1.